The summed E-state index contributed by atoms with van der Waals surface area (Å²) in [6.07, 6.45) is 0. The van der Waals surface area contributed by atoms with Crippen LogP contribution in [0, 0.1) is 0 Å². The van der Waals surface area contributed by atoms with Crippen molar-refractivity contribution in [2.75, 3.05) is 25.1 Å². The first-order valence-electron chi connectivity index (χ1n) is 4.40. The highest BCUT2D eigenvalue weighted by molar-refractivity contribution is 9.09. The average Bonchev–Trinajstić information content (AvgIpc) is 2.64. The van der Waals surface area contributed by atoms with E-state index in [1.165, 1.54) is 11.3 Å². The summed E-state index contributed by atoms with van der Waals surface area (Å²) >= 11 is 10.4. The van der Waals surface area contributed by atoms with Crippen LogP contribution >= 0.6 is 38.9 Å². The lowest BCUT2D eigenvalue weighted by molar-refractivity contribution is 0.0928. The number of hydrogen-bond donors (Lipinski definition) is 1. The van der Waals surface area contributed by atoms with Crippen molar-refractivity contribution >= 4 is 44.8 Å². The van der Waals surface area contributed by atoms with Crippen molar-refractivity contribution in [3.63, 3.8) is 0 Å². The number of hydrogen-bond acceptors (Lipinski definition) is 3. The second kappa shape index (κ2) is 7.22. The van der Waals surface area contributed by atoms with Gasteiger partial charge in [0.1, 0.15) is 4.88 Å². The molecule has 1 aromatic heterocycles. The second-order valence-corrected chi connectivity index (χ2v) is 4.77. The number of alkyl halides is 1. The van der Waals surface area contributed by atoms with E-state index in [1.54, 1.807) is 11.4 Å². The molecule has 0 atom stereocenters. The molecule has 6 heteroatoms. The summed E-state index contributed by atoms with van der Waals surface area (Å²) in [7, 11) is 0. The molecule has 3 nitrogen and oxygen atoms in total. The standard InChI is InChI=1S/C9H11BrClNO2S/c10-2-4-14-5-3-12-9(13)8-7(11)1-6-15-8/h1,6H,2-5H2,(H,12,13). The molecule has 1 amide bonds. The van der Waals surface area contributed by atoms with Gasteiger partial charge in [0, 0.05) is 11.9 Å². The van der Waals surface area contributed by atoms with Gasteiger partial charge in [-0.1, -0.05) is 27.5 Å². The summed E-state index contributed by atoms with van der Waals surface area (Å²) in [5, 5.41) is 5.82. The van der Waals surface area contributed by atoms with Gasteiger partial charge in [-0.25, -0.2) is 0 Å². The Morgan fingerprint density at radius 2 is 2.40 bits per heavy atom. The van der Waals surface area contributed by atoms with Crippen molar-refractivity contribution in [1.29, 1.82) is 0 Å². The van der Waals surface area contributed by atoms with E-state index in [-0.39, 0.29) is 5.91 Å². The number of carbonyl (C=O) groups excluding carboxylic acids is 1. The molecule has 0 aliphatic rings. The van der Waals surface area contributed by atoms with Crippen LogP contribution in [0.4, 0.5) is 0 Å². The van der Waals surface area contributed by atoms with E-state index in [2.05, 4.69) is 21.2 Å². The molecule has 0 bridgehead atoms. The van der Waals surface area contributed by atoms with Gasteiger partial charge in [-0.15, -0.1) is 11.3 Å². The number of halogens is 2. The van der Waals surface area contributed by atoms with Gasteiger partial charge in [-0.05, 0) is 11.4 Å². The van der Waals surface area contributed by atoms with Crippen LogP contribution in [0.2, 0.25) is 5.02 Å². The summed E-state index contributed by atoms with van der Waals surface area (Å²) < 4.78 is 5.19. The summed E-state index contributed by atoms with van der Waals surface area (Å²) in [5.41, 5.74) is 0. The summed E-state index contributed by atoms with van der Waals surface area (Å²) in [4.78, 5) is 12.1. The van der Waals surface area contributed by atoms with Gasteiger partial charge in [0.25, 0.3) is 5.91 Å². The topological polar surface area (TPSA) is 38.3 Å². The Labute approximate surface area is 106 Å². The number of amides is 1. The van der Waals surface area contributed by atoms with E-state index in [0.717, 1.165) is 5.33 Å². The number of thiophene rings is 1. The minimum atomic E-state index is -0.141. The van der Waals surface area contributed by atoms with Gasteiger partial charge in [0.15, 0.2) is 0 Å². The zero-order valence-electron chi connectivity index (χ0n) is 7.96. The Balaban J connectivity index is 2.22. The SMILES string of the molecule is O=C(NCCOCCBr)c1sccc1Cl. The Morgan fingerprint density at radius 1 is 1.60 bits per heavy atom. The van der Waals surface area contributed by atoms with Crippen molar-refractivity contribution in [2.24, 2.45) is 0 Å². The minimum absolute atomic E-state index is 0.141. The molecule has 0 aliphatic heterocycles. The molecule has 0 fully saturated rings. The van der Waals surface area contributed by atoms with Crippen LogP contribution in [0.5, 0.6) is 0 Å². The molecule has 0 radical (unpaired) electrons. The molecule has 0 saturated carbocycles. The Hall–Kier alpha value is -0.100. The van der Waals surface area contributed by atoms with Crippen molar-refractivity contribution < 1.29 is 9.53 Å². The lowest BCUT2D eigenvalue weighted by atomic mass is 10.4. The van der Waals surface area contributed by atoms with Gasteiger partial charge < -0.3 is 10.1 Å². The zero-order valence-corrected chi connectivity index (χ0v) is 11.1. The predicted molar refractivity (Wildman–Crippen MR) is 66.3 cm³/mol. The number of rotatable bonds is 6. The third-order valence-electron chi connectivity index (χ3n) is 1.58. The number of carbonyl (C=O) groups is 1. The van der Waals surface area contributed by atoms with Crippen LogP contribution in [0.3, 0.4) is 0 Å². The van der Waals surface area contributed by atoms with Crippen LogP contribution in [0.25, 0.3) is 0 Å². The van der Waals surface area contributed by atoms with Crippen molar-refractivity contribution in [3.8, 4) is 0 Å². The quantitative estimate of drug-likeness (QED) is 0.647. The monoisotopic (exact) mass is 311 g/mol. The second-order valence-electron chi connectivity index (χ2n) is 2.65. The number of ether oxygens (including phenoxy) is 1. The molecule has 0 unspecified atom stereocenters. The summed E-state index contributed by atoms with van der Waals surface area (Å²) in [6, 6.07) is 1.71. The number of nitrogens with one attached hydrogen (secondary N) is 1. The van der Waals surface area contributed by atoms with E-state index in [1.807, 2.05) is 0 Å². The fourth-order valence-corrected chi connectivity index (χ4v) is 2.22. The van der Waals surface area contributed by atoms with Crippen LogP contribution < -0.4 is 5.32 Å². The average molecular weight is 313 g/mol. The van der Waals surface area contributed by atoms with E-state index < -0.39 is 0 Å². The normalized spacial score (nSPS) is 10.3. The van der Waals surface area contributed by atoms with Gasteiger partial charge >= 0.3 is 0 Å². The van der Waals surface area contributed by atoms with E-state index in [4.69, 9.17) is 16.3 Å². The molecule has 1 rings (SSSR count). The Bertz CT molecular complexity index is 319. The Kier molecular flexibility index (Phi) is 6.24. The smallest absolute Gasteiger partial charge is 0.262 e. The first-order chi connectivity index (χ1) is 7.25. The first kappa shape index (κ1) is 13.0. The summed E-state index contributed by atoms with van der Waals surface area (Å²) in [5.74, 6) is -0.141. The fraction of sp³-hybridized carbons (Fsp3) is 0.444. The van der Waals surface area contributed by atoms with E-state index in [9.17, 15) is 4.79 Å². The lowest BCUT2D eigenvalue weighted by Crippen LogP contribution is -2.26. The molecule has 1 heterocycles. The van der Waals surface area contributed by atoms with E-state index in [0.29, 0.717) is 29.7 Å². The predicted octanol–water partition coefficient (Wildman–Crippen LogP) is 2.54. The van der Waals surface area contributed by atoms with Crippen LogP contribution in [-0.4, -0.2) is 31.0 Å². The van der Waals surface area contributed by atoms with Crippen LogP contribution in [-0.2, 0) is 4.74 Å². The van der Waals surface area contributed by atoms with Gasteiger partial charge in [-0.2, -0.15) is 0 Å². The molecule has 0 saturated heterocycles. The lowest BCUT2D eigenvalue weighted by Gasteiger charge is -2.04. The summed E-state index contributed by atoms with van der Waals surface area (Å²) in [6.45, 7) is 1.66. The molecular weight excluding hydrogens is 302 g/mol. The van der Waals surface area contributed by atoms with Crippen LogP contribution in [0.15, 0.2) is 11.4 Å². The molecule has 15 heavy (non-hydrogen) atoms. The highest BCUT2D eigenvalue weighted by atomic mass is 79.9. The van der Waals surface area contributed by atoms with Crippen LogP contribution in [0.1, 0.15) is 9.67 Å². The minimum Gasteiger partial charge on any atom is -0.379 e. The van der Waals surface area contributed by atoms with Gasteiger partial charge in [0.2, 0.25) is 0 Å². The van der Waals surface area contributed by atoms with E-state index >= 15 is 0 Å². The van der Waals surface area contributed by atoms with Crippen molar-refractivity contribution in [2.45, 2.75) is 0 Å². The van der Waals surface area contributed by atoms with Gasteiger partial charge in [-0.3, -0.25) is 4.79 Å². The highest BCUT2D eigenvalue weighted by Crippen LogP contribution is 2.21. The third-order valence-corrected chi connectivity index (χ3v) is 3.24. The maximum absolute atomic E-state index is 11.5. The molecule has 0 aliphatic carbocycles. The highest BCUT2D eigenvalue weighted by Gasteiger charge is 2.10. The van der Waals surface area contributed by atoms with Crippen molar-refractivity contribution in [3.05, 3.63) is 21.3 Å². The molecule has 84 valence electrons. The maximum Gasteiger partial charge on any atom is 0.262 e. The largest absolute Gasteiger partial charge is 0.379 e. The maximum atomic E-state index is 11.5. The molecule has 1 N–H and O–H groups in total. The zero-order chi connectivity index (χ0) is 11.1. The molecule has 0 spiro atoms. The van der Waals surface area contributed by atoms with Gasteiger partial charge in [0.05, 0.1) is 18.2 Å². The molecular formula is C9H11BrClNO2S. The van der Waals surface area contributed by atoms with Crippen molar-refractivity contribution in [1.82, 2.24) is 5.32 Å². The molecule has 1 aromatic rings. The fourth-order valence-electron chi connectivity index (χ4n) is 0.929. The Morgan fingerprint density at radius 3 is 3.00 bits per heavy atom. The molecule has 0 aromatic carbocycles. The first-order valence-corrected chi connectivity index (χ1v) is 6.78. The third kappa shape index (κ3) is 4.51.